The van der Waals surface area contributed by atoms with Crippen LogP contribution in [0.5, 0.6) is 0 Å². The molecule has 0 radical (unpaired) electrons. The topological polar surface area (TPSA) is 49.4 Å². The van der Waals surface area contributed by atoms with Gasteiger partial charge in [0.25, 0.3) is 0 Å². The van der Waals surface area contributed by atoms with Gasteiger partial charge in [0, 0.05) is 26.2 Å². The van der Waals surface area contributed by atoms with E-state index >= 15 is 0 Å². The second kappa shape index (κ2) is 8.66. The SMILES string of the molecule is CCN(CC)S(=O)(=O)c1ccc(CNCc2cc(F)c(F)c(F)c2)cc1. The van der Waals surface area contributed by atoms with Crippen LogP contribution >= 0.6 is 0 Å². The van der Waals surface area contributed by atoms with Crippen LogP contribution in [0.3, 0.4) is 0 Å². The average molecular weight is 386 g/mol. The van der Waals surface area contributed by atoms with Crippen molar-refractivity contribution in [2.75, 3.05) is 13.1 Å². The Morgan fingerprint density at radius 2 is 1.38 bits per heavy atom. The fourth-order valence-corrected chi connectivity index (χ4v) is 4.01. The Bertz CT molecular complexity index is 828. The fourth-order valence-electron chi connectivity index (χ4n) is 2.55. The van der Waals surface area contributed by atoms with Gasteiger partial charge in [0.15, 0.2) is 17.5 Å². The number of sulfonamides is 1. The Labute approximate surface area is 151 Å². The van der Waals surface area contributed by atoms with E-state index in [-0.39, 0.29) is 17.0 Å². The van der Waals surface area contributed by atoms with E-state index in [2.05, 4.69) is 5.32 Å². The van der Waals surface area contributed by atoms with Crippen LogP contribution in [0.2, 0.25) is 0 Å². The molecule has 0 bridgehead atoms. The Hall–Kier alpha value is -1.90. The minimum atomic E-state index is -3.50. The smallest absolute Gasteiger partial charge is 0.243 e. The Kier molecular flexibility index (Phi) is 6.80. The zero-order valence-corrected chi connectivity index (χ0v) is 15.4. The number of hydrogen-bond donors (Lipinski definition) is 1. The third-order valence-corrected chi connectivity index (χ3v) is 6.03. The number of hydrogen-bond acceptors (Lipinski definition) is 3. The largest absolute Gasteiger partial charge is 0.309 e. The van der Waals surface area contributed by atoms with Crippen molar-refractivity contribution in [1.82, 2.24) is 9.62 Å². The van der Waals surface area contributed by atoms with Gasteiger partial charge in [-0.25, -0.2) is 21.6 Å². The molecule has 0 saturated carbocycles. The molecule has 0 aliphatic heterocycles. The van der Waals surface area contributed by atoms with Gasteiger partial charge in [0.05, 0.1) is 4.90 Å². The van der Waals surface area contributed by atoms with Crippen LogP contribution < -0.4 is 5.32 Å². The zero-order valence-electron chi connectivity index (χ0n) is 14.6. The van der Waals surface area contributed by atoms with Crippen LogP contribution in [0.1, 0.15) is 25.0 Å². The lowest BCUT2D eigenvalue weighted by molar-refractivity contribution is 0.444. The number of nitrogens with one attached hydrogen (secondary N) is 1. The van der Waals surface area contributed by atoms with Gasteiger partial charge in [-0.1, -0.05) is 26.0 Å². The molecule has 0 unspecified atom stereocenters. The molecule has 2 aromatic carbocycles. The molecule has 4 nitrogen and oxygen atoms in total. The van der Waals surface area contributed by atoms with Crippen LogP contribution in [0.25, 0.3) is 0 Å². The first-order valence-corrected chi connectivity index (χ1v) is 9.66. The summed E-state index contributed by atoms with van der Waals surface area (Å²) in [5.41, 5.74) is 1.09. The van der Waals surface area contributed by atoms with Crippen molar-refractivity contribution >= 4 is 10.0 Å². The van der Waals surface area contributed by atoms with Gasteiger partial charge in [-0.2, -0.15) is 4.31 Å². The molecule has 0 heterocycles. The van der Waals surface area contributed by atoms with Crippen molar-refractivity contribution in [3.8, 4) is 0 Å². The van der Waals surface area contributed by atoms with E-state index in [4.69, 9.17) is 0 Å². The number of nitrogens with zero attached hydrogens (tertiary/aromatic N) is 1. The van der Waals surface area contributed by atoms with Crippen molar-refractivity contribution in [2.45, 2.75) is 31.8 Å². The zero-order chi connectivity index (χ0) is 19.3. The van der Waals surface area contributed by atoms with Gasteiger partial charge >= 0.3 is 0 Å². The van der Waals surface area contributed by atoms with Crippen molar-refractivity contribution in [3.05, 3.63) is 65.0 Å². The first kappa shape index (κ1) is 20.4. The molecule has 0 fully saturated rings. The van der Waals surface area contributed by atoms with Crippen LogP contribution in [-0.4, -0.2) is 25.8 Å². The molecule has 8 heteroatoms. The Morgan fingerprint density at radius 3 is 1.88 bits per heavy atom. The normalized spacial score (nSPS) is 11.9. The molecule has 0 aliphatic carbocycles. The first-order valence-electron chi connectivity index (χ1n) is 8.22. The number of rotatable bonds is 8. The third-order valence-electron chi connectivity index (χ3n) is 3.97. The molecule has 142 valence electrons. The Balaban J connectivity index is 2.00. The minimum absolute atomic E-state index is 0.146. The summed E-state index contributed by atoms with van der Waals surface area (Å²) in [7, 11) is -3.50. The summed E-state index contributed by atoms with van der Waals surface area (Å²) >= 11 is 0. The van der Waals surface area contributed by atoms with Crippen LogP contribution in [0.4, 0.5) is 13.2 Å². The Morgan fingerprint density at radius 1 is 0.885 bits per heavy atom. The lowest BCUT2D eigenvalue weighted by atomic mass is 10.2. The second-order valence-electron chi connectivity index (χ2n) is 5.71. The van der Waals surface area contributed by atoms with Crippen LogP contribution in [-0.2, 0) is 23.1 Å². The highest BCUT2D eigenvalue weighted by molar-refractivity contribution is 7.89. The van der Waals surface area contributed by atoms with Crippen molar-refractivity contribution in [1.29, 1.82) is 0 Å². The first-order chi connectivity index (χ1) is 12.3. The second-order valence-corrected chi connectivity index (χ2v) is 7.65. The van der Waals surface area contributed by atoms with Gasteiger partial charge in [-0.3, -0.25) is 0 Å². The quantitative estimate of drug-likeness (QED) is 0.708. The lowest BCUT2D eigenvalue weighted by Crippen LogP contribution is -2.30. The van der Waals surface area contributed by atoms with Crippen LogP contribution in [0.15, 0.2) is 41.3 Å². The molecule has 1 N–H and O–H groups in total. The van der Waals surface area contributed by atoms with Crippen LogP contribution in [0, 0.1) is 17.5 Å². The molecule has 26 heavy (non-hydrogen) atoms. The molecule has 0 aliphatic rings. The molecule has 2 aromatic rings. The molecule has 0 amide bonds. The number of benzene rings is 2. The van der Waals surface area contributed by atoms with Gasteiger partial charge in [0.1, 0.15) is 0 Å². The van der Waals surface area contributed by atoms with E-state index in [1.807, 2.05) is 0 Å². The predicted molar refractivity (Wildman–Crippen MR) is 93.4 cm³/mol. The molecular formula is C18H21F3N2O2S. The van der Waals surface area contributed by atoms with E-state index in [0.29, 0.717) is 19.6 Å². The fraction of sp³-hybridized carbons (Fsp3) is 0.333. The summed E-state index contributed by atoms with van der Waals surface area (Å²) in [5.74, 6) is -3.95. The monoisotopic (exact) mass is 386 g/mol. The summed E-state index contributed by atoms with van der Waals surface area (Å²) < 4.78 is 65.4. The van der Waals surface area contributed by atoms with E-state index in [1.54, 1.807) is 26.0 Å². The maximum absolute atomic E-state index is 13.2. The highest BCUT2D eigenvalue weighted by Crippen LogP contribution is 2.17. The van der Waals surface area contributed by atoms with E-state index in [0.717, 1.165) is 17.7 Å². The van der Waals surface area contributed by atoms with Gasteiger partial charge in [-0.15, -0.1) is 0 Å². The summed E-state index contributed by atoms with van der Waals surface area (Å²) in [6.07, 6.45) is 0. The van der Waals surface area contributed by atoms with Crippen molar-refractivity contribution < 1.29 is 21.6 Å². The summed E-state index contributed by atoms with van der Waals surface area (Å²) in [5, 5.41) is 2.98. The average Bonchev–Trinajstić information content (AvgIpc) is 2.61. The number of halogens is 3. The highest BCUT2D eigenvalue weighted by atomic mass is 32.2. The molecule has 2 rings (SSSR count). The summed E-state index contributed by atoms with van der Waals surface area (Å²) in [6.45, 7) is 4.86. The van der Waals surface area contributed by atoms with Gasteiger partial charge < -0.3 is 5.32 Å². The van der Waals surface area contributed by atoms with Gasteiger partial charge in [-0.05, 0) is 35.4 Å². The van der Waals surface area contributed by atoms with Crippen molar-refractivity contribution in [3.63, 3.8) is 0 Å². The standard InChI is InChI=1S/C18H21F3N2O2S/c1-3-23(4-2)26(24,25)15-7-5-13(6-8-15)11-22-12-14-9-16(19)18(21)17(20)10-14/h5-10,22H,3-4,11-12H2,1-2H3. The highest BCUT2D eigenvalue weighted by Gasteiger charge is 2.21. The molecular weight excluding hydrogens is 365 g/mol. The molecule has 0 atom stereocenters. The minimum Gasteiger partial charge on any atom is -0.309 e. The summed E-state index contributed by atoms with van der Waals surface area (Å²) in [6, 6.07) is 8.28. The molecule has 0 spiro atoms. The maximum atomic E-state index is 13.2. The van der Waals surface area contributed by atoms with E-state index in [9.17, 15) is 21.6 Å². The maximum Gasteiger partial charge on any atom is 0.243 e. The molecule has 0 saturated heterocycles. The summed E-state index contributed by atoms with van der Waals surface area (Å²) in [4.78, 5) is 0.215. The third kappa shape index (κ3) is 4.63. The van der Waals surface area contributed by atoms with Crippen molar-refractivity contribution in [2.24, 2.45) is 0 Å². The van der Waals surface area contributed by atoms with E-state index < -0.39 is 27.5 Å². The lowest BCUT2D eigenvalue weighted by Gasteiger charge is -2.18. The molecule has 0 aromatic heterocycles. The van der Waals surface area contributed by atoms with Gasteiger partial charge in [0.2, 0.25) is 10.0 Å². The van der Waals surface area contributed by atoms with E-state index in [1.165, 1.54) is 16.4 Å². The predicted octanol–water partition coefficient (Wildman–Crippen LogP) is 3.42.